The molecule has 6 nitrogen and oxygen atoms in total. The molecule has 0 aliphatic carbocycles. The van der Waals surface area contributed by atoms with Crippen molar-refractivity contribution < 1.29 is 27.1 Å². The lowest BCUT2D eigenvalue weighted by atomic mass is 10.0. The van der Waals surface area contributed by atoms with E-state index in [0.29, 0.717) is 34.6 Å². The lowest BCUT2D eigenvalue weighted by molar-refractivity contribution is -0.260. The van der Waals surface area contributed by atoms with Crippen LogP contribution in [0.4, 0.5) is 23.5 Å². The van der Waals surface area contributed by atoms with E-state index in [1.807, 2.05) is 0 Å². The van der Waals surface area contributed by atoms with Crippen LogP contribution in [0.1, 0.15) is 18.2 Å². The summed E-state index contributed by atoms with van der Waals surface area (Å²) in [4.78, 5) is 18.3. The summed E-state index contributed by atoms with van der Waals surface area (Å²) in [6.07, 6.45) is -3.96. The number of hydrogen-bond acceptors (Lipinski definition) is 5. The number of alkyl halides is 3. The zero-order valence-corrected chi connectivity index (χ0v) is 16.6. The number of rotatable bonds is 5. The number of nitrogens with one attached hydrogen (secondary N) is 2. The van der Waals surface area contributed by atoms with Crippen LogP contribution in [-0.4, -0.2) is 21.3 Å². The topological polar surface area (TPSA) is 91.2 Å². The molecule has 0 bridgehead atoms. The van der Waals surface area contributed by atoms with Gasteiger partial charge in [-0.2, -0.15) is 13.2 Å². The Morgan fingerprint density at radius 1 is 1.12 bits per heavy atom. The molecule has 0 unspecified atom stereocenters. The number of aromatic nitrogens is 2. The summed E-state index contributed by atoms with van der Waals surface area (Å²) in [5, 5.41) is 13.2. The Hall–Kier alpha value is -3.66. The number of nitrogens with zero attached hydrogens (tertiary/aromatic N) is 1. The van der Waals surface area contributed by atoms with Crippen molar-refractivity contribution in [2.75, 3.05) is 5.32 Å². The summed E-state index contributed by atoms with van der Waals surface area (Å²) in [6, 6.07) is 12.1. The maximum atomic E-state index is 13.2. The largest absolute Gasteiger partial charge is 0.423 e. The number of fused-ring (bicyclic) bond motifs is 1. The van der Waals surface area contributed by atoms with E-state index < -0.39 is 28.9 Å². The van der Waals surface area contributed by atoms with Gasteiger partial charge >= 0.3 is 11.8 Å². The summed E-state index contributed by atoms with van der Waals surface area (Å²) < 4.78 is 57.4. The molecule has 0 spiro atoms. The summed E-state index contributed by atoms with van der Waals surface area (Å²) in [6.45, 7) is 0.788. The van der Waals surface area contributed by atoms with Crippen molar-refractivity contribution in [3.05, 3.63) is 82.2 Å². The van der Waals surface area contributed by atoms with Crippen molar-refractivity contribution >= 4 is 16.9 Å². The van der Waals surface area contributed by atoms with E-state index in [-0.39, 0.29) is 12.5 Å². The van der Waals surface area contributed by atoms with Gasteiger partial charge in [-0.05, 0) is 41.8 Å². The first-order valence-electron chi connectivity index (χ1n) is 9.46. The Bertz CT molecular complexity index is 1330. The molecule has 2 heterocycles. The molecule has 4 rings (SSSR count). The second-order valence-electron chi connectivity index (χ2n) is 7.39. The molecule has 0 saturated carbocycles. The highest BCUT2D eigenvalue weighted by atomic mass is 19.4. The number of H-pyrrole nitrogens is 1. The minimum Gasteiger partial charge on any atom is -0.423 e. The van der Waals surface area contributed by atoms with E-state index in [9.17, 15) is 27.5 Å². The first kappa shape index (κ1) is 21.6. The highest BCUT2D eigenvalue weighted by Crippen LogP contribution is 2.37. The van der Waals surface area contributed by atoms with E-state index in [0.717, 1.165) is 6.20 Å². The van der Waals surface area contributed by atoms with E-state index in [1.165, 1.54) is 18.2 Å². The molecule has 0 aliphatic rings. The van der Waals surface area contributed by atoms with Gasteiger partial charge in [-0.15, -0.1) is 0 Å². The van der Waals surface area contributed by atoms with E-state index in [2.05, 4.69) is 15.3 Å². The van der Waals surface area contributed by atoms with Gasteiger partial charge in [-0.25, -0.2) is 14.2 Å². The average molecular weight is 447 g/mol. The molecule has 0 fully saturated rings. The molecule has 10 heteroatoms. The number of anilines is 1. The zero-order chi connectivity index (χ0) is 23.1. The number of benzene rings is 2. The van der Waals surface area contributed by atoms with Gasteiger partial charge in [-0.3, -0.25) is 0 Å². The molecule has 0 amide bonds. The zero-order valence-electron chi connectivity index (χ0n) is 16.6. The summed E-state index contributed by atoms with van der Waals surface area (Å²) in [7, 11) is 0. The standard InChI is InChI=1S/C22H17F4N3O3/c1-21(31,22(24,25)26)18-11-28-20(29-18)27-10-12-2-7-15-16(9-19(30)32-17(15)8-12)13-3-5-14(23)6-4-13/h2-9,11,31H,10H2,1H3,(H2,27,28,29)/t21-/m0/s1. The Morgan fingerprint density at radius 3 is 2.53 bits per heavy atom. The quantitative estimate of drug-likeness (QED) is 0.305. The third kappa shape index (κ3) is 4.09. The monoisotopic (exact) mass is 447 g/mol. The van der Waals surface area contributed by atoms with E-state index >= 15 is 0 Å². The summed E-state index contributed by atoms with van der Waals surface area (Å²) in [5.41, 5.74) is -1.94. The van der Waals surface area contributed by atoms with Crippen molar-refractivity contribution in [2.24, 2.45) is 0 Å². The lowest BCUT2D eigenvalue weighted by Gasteiger charge is -2.24. The third-order valence-electron chi connectivity index (χ3n) is 5.08. The van der Waals surface area contributed by atoms with Crippen LogP contribution in [0.25, 0.3) is 22.1 Å². The second kappa shape index (κ2) is 7.79. The molecule has 0 saturated heterocycles. The molecule has 32 heavy (non-hydrogen) atoms. The Morgan fingerprint density at radius 2 is 1.84 bits per heavy atom. The lowest BCUT2D eigenvalue weighted by Crippen LogP contribution is -2.39. The molecule has 0 radical (unpaired) electrons. The van der Waals surface area contributed by atoms with Crippen LogP contribution in [0.15, 0.2) is 63.9 Å². The van der Waals surface area contributed by atoms with Crippen LogP contribution >= 0.6 is 0 Å². The SMILES string of the molecule is C[C@](O)(c1cnc(NCc2ccc3c(-c4ccc(F)cc4)cc(=O)oc3c2)[nH]1)C(F)(F)F. The van der Waals surface area contributed by atoms with Crippen molar-refractivity contribution in [3.8, 4) is 11.1 Å². The van der Waals surface area contributed by atoms with E-state index in [1.54, 1.807) is 30.3 Å². The van der Waals surface area contributed by atoms with Crippen LogP contribution in [-0.2, 0) is 12.1 Å². The number of hydrogen-bond donors (Lipinski definition) is 3. The van der Waals surface area contributed by atoms with Crippen molar-refractivity contribution in [2.45, 2.75) is 25.2 Å². The highest BCUT2D eigenvalue weighted by molar-refractivity contribution is 5.93. The summed E-state index contributed by atoms with van der Waals surface area (Å²) in [5.74, 6) is -0.363. The first-order chi connectivity index (χ1) is 15.0. The fourth-order valence-corrected chi connectivity index (χ4v) is 3.18. The van der Waals surface area contributed by atoms with Gasteiger partial charge in [0.1, 0.15) is 11.4 Å². The molecule has 0 aliphatic heterocycles. The highest BCUT2D eigenvalue weighted by Gasteiger charge is 2.52. The molecule has 4 aromatic rings. The van der Waals surface area contributed by atoms with Crippen molar-refractivity contribution in [1.82, 2.24) is 9.97 Å². The molecule has 1 atom stereocenters. The average Bonchev–Trinajstić information content (AvgIpc) is 3.21. The van der Waals surface area contributed by atoms with Crippen LogP contribution in [0.3, 0.4) is 0 Å². The predicted molar refractivity (Wildman–Crippen MR) is 109 cm³/mol. The normalized spacial score (nSPS) is 13.8. The van der Waals surface area contributed by atoms with Gasteiger partial charge in [-0.1, -0.05) is 24.3 Å². The number of imidazole rings is 1. The number of halogens is 4. The number of aromatic amines is 1. The Balaban J connectivity index is 1.58. The van der Waals surface area contributed by atoms with E-state index in [4.69, 9.17) is 4.42 Å². The van der Waals surface area contributed by atoms with Crippen LogP contribution < -0.4 is 10.9 Å². The minimum atomic E-state index is -4.87. The maximum absolute atomic E-state index is 13.2. The smallest absolute Gasteiger partial charge is 0.422 e. The molecule has 166 valence electrons. The fraction of sp³-hybridized carbons (Fsp3) is 0.182. The minimum absolute atomic E-state index is 0.0335. The van der Waals surface area contributed by atoms with Gasteiger partial charge in [0.15, 0.2) is 5.60 Å². The first-order valence-corrected chi connectivity index (χ1v) is 9.46. The predicted octanol–water partition coefficient (Wildman–Crippen LogP) is 4.70. The number of aliphatic hydroxyl groups is 1. The molecular formula is C22H17F4N3O3. The maximum Gasteiger partial charge on any atom is 0.422 e. The Labute approximate surface area is 178 Å². The summed E-state index contributed by atoms with van der Waals surface area (Å²) >= 11 is 0. The Kier molecular flexibility index (Phi) is 5.25. The molecule has 2 aromatic heterocycles. The third-order valence-corrected chi connectivity index (χ3v) is 5.08. The molecule has 3 N–H and O–H groups in total. The van der Waals surface area contributed by atoms with Gasteiger partial charge in [0, 0.05) is 18.0 Å². The van der Waals surface area contributed by atoms with Gasteiger partial charge in [0.05, 0.1) is 11.9 Å². The molecular weight excluding hydrogens is 430 g/mol. The van der Waals surface area contributed by atoms with Crippen molar-refractivity contribution in [1.29, 1.82) is 0 Å². The van der Waals surface area contributed by atoms with Crippen molar-refractivity contribution in [3.63, 3.8) is 0 Å². The van der Waals surface area contributed by atoms with Crippen LogP contribution in [0.5, 0.6) is 0 Å². The molecule has 2 aromatic carbocycles. The second-order valence-corrected chi connectivity index (χ2v) is 7.39. The van der Waals surface area contributed by atoms with Gasteiger partial charge in [0.2, 0.25) is 5.95 Å². The fourth-order valence-electron chi connectivity index (χ4n) is 3.18. The van der Waals surface area contributed by atoms with Crippen LogP contribution in [0, 0.1) is 5.82 Å². The van der Waals surface area contributed by atoms with Gasteiger partial charge in [0.25, 0.3) is 0 Å². The van der Waals surface area contributed by atoms with Crippen LogP contribution in [0.2, 0.25) is 0 Å². The van der Waals surface area contributed by atoms with Gasteiger partial charge < -0.3 is 19.8 Å².